The van der Waals surface area contributed by atoms with Gasteiger partial charge in [-0.25, -0.2) is 4.79 Å². The SMILES string of the molecule is COc1ccccc1CN(C)C(=O)COC(=O)/C=C/c1cccs1. The molecule has 126 valence electrons. The number of methoxy groups -OCH3 is 1. The summed E-state index contributed by atoms with van der Waals surface area (Å²) in [5.74, 6) is -0.103. The zero-order valence-corrected chi connectivity index (χ0v) is 14.4. The number of amides is 1. The lowest BCUT2D eigenvalue weighted by Crippen LogP contribution is -2.30. The molecule has 0 aliphatic rings. The molecule has 0 fully saturated rings. The number of carbonyl (C=O) groups excluding carboxylic acids is 2. The van der Waals surface area contributed by atoms with Crippen LogP contribution in [-0.2, 0) is 20.9 Å². The number of thiophene rings is 1. The molecular formula is C18H19NO4S. The molecule has 5 nitrogen and oxygen atoms in total. The zero-order chi connectivity index (χ0) is 17.4. The van der Waals surface area contributed by atoms with Crippen LogP contribution in [0.1, 0.15) is 10.4 Å². The molecule has 0 radical (unpaired) electrons. The molecule has 1 amide bonds. The third-order valence-corrected chi connectivity index (χ3v) is 4.13. The van der Waals surface area contributed by atoms with E-state index in [0.29, 0.717) is 12.3 Å². The van der Waals surface area contributed by atoms with E-state index in [0.717, 1.165) is 10.4 Å². The number of carbonyl (C=O) groups is 2. The van der Waals surface area contributed by atoms with Crippen molar-refractivity contribution in [2.24, 2.45) is 0 Å². The number of ether oxygens (including phenoxy) is 2. The molecule has 2 rings (SSSR count). The van der Waals surface area contributed by atoms with Gasteiger partial charge in [0.25, 0.3) is 5.91 Å². The van der Waals surface area contributed by atoms with Crippen molar-refractivity contribution >= 4 is 29.3 Å². The Hall–Kier alpha value is -2.60. The molecule has 6 heteroatoms. The minimum absolute atomic E-state index is 0.279. The molecular weight excluding hydrogens is 326 g/mol. The Labute approximate surface area is 145 Å². The second kappa shape index (κ2) is 8.88. The molecule has 0 N–H and O–H groups in total. The Morgan fingerprint density at radius 2 is 2.00 bits per heavy atom. The Bertz CT molecular complexity index is 710. The van der Waals surface area contributed by atoms with Gasteiger partial charge < -0.3 is 14.4 Å². The van der Waals surface area contributed by atoms with E-state index < -0.39 is 5.97 Å². The maximum Gasteiger partial charge on any atom is 0.331 e. The van der Waals surface area contributed by atoms with E-state index in [1.807, 2.05) is 41.8 Å². The largest absolute Gasteiger partial charge is 0.496 e. The number of esters is 1. The highest BCUT2D eigenvalue weighted by Gasteiger charge is 2.13. The number of hydrogen-bond acceptors (Lipinski definition) is 5. The number of nitrogens with zero attached hydrogens (tertiary/aromatic N) is 1. The third kappa shape index (κ3) is 5.24. The van der Waals surface area contributed by atoms with Gasteiger partial charge in [-0.2, -0.15) is 0 Å². The molecule has 2 aromatic rings. The van der Waals surface area contributed by atoms with Gasteiger partial charge in [-0.3, -0.25) is 4.79 Å². The van der Waals surface area contributed by atoms with Gasteiger partial charge in [-0.05, 0) is 23.6 Å². The molecule has 1 heterocycles. The first kappa shape index (κ1) is 17.7. The molecule has 24 heavy (non-hydrogen) atoms. The fourth-order valence-electron chi connectivity index (χ4n) is 2.00. The lowest BCUT2D eigenvalue weighted by Gasteiger charge is -2.18. The van der Waals surface area contributed by atoms with Crippen LogP contribution in [0.3, 0.4) is 0 Å². The predicted octanol–water partition coefficient (Wildman–Crippen LogP) is 2.97. The van der Waals surface area contributed by atoms with Gasteiger partial charge in [0.15, 0.2) is 6.61 Å². The summed E-state index contributed by atoms with van der Waals surface area (Å²) in [6, 6.07) is 11.3. The molecule has 0 aliphatic carbocycles. The van der Waals surface area contributed by atoms with Crippen LogP contribution in [0, 0.1) is 0 Å². The van der Waals surface area contributed by atoms with Crippen molar-refractivity contribution in [1.29, 1.82) is 0 Å². The van der Waals surface area contributed by atoms with Crippen LogP contribution in [0.4, 0.5) is 0 Å². The monoisotopic (exact) mass is 345 g/mol. The maximum atomic E-state index is 12.1. The summed E-state index contributed by atoms with van der Waals surface area (Å²) in [4.78, 5) is 26.1. The van der Waals surface area contributed by atoms with Crippen molar-refractivity contribution in [2.75, 3.05) is 20.8 Å². The van der Waals surface area contributed by atoms with Crippen LogP contribution in [0.25, 0.3) is 6.08 Å². The minimum Gasteiger partial charge on any atom is -0.496 e. The van der Waals surface area contributed by atoms with Gasteiger partial charge >= 0.3 is 5.97 Å². The topological polar surface area (TPSA) is 55.8 Å². The number of hydrogen-bond donors (Lipinski definition) is 0. The first-order valence-corrected chi connectivity index (χ1v) is 8.22. The van der Waals surface area contributed by atoms with Crippen molar-refractivity contribution in [1.82, 2.24) is 4.90 Å². The van der Waals surface area contributed by atoms with E-state index in [9.17, 15) is 9.59 Å². The normalized spacial score (nSPS) is 10.6. The third-order valence-electron chi connectivity index (χ3n) is 3.29. The summed E-state index contributed by atoms with van der Waals surface area (Å²) < 4.78 is 10.2. The molecule has 0 spiro atoms. The Morgan fingerprint density at radius 3 is 2.71 bits per heavy atom. The highest BCUT2D eigenvalue weighted by atomic mass is 32.1. The molecule has 0 bridgehead atoms. The zero-order valence-electron chi connectivity index (χ0n) is 13.6. The van der Waals surface area contributed by atoms with E-state index in [2.05, 4.69) is 0 Å². The fourth-order valence-corrected chi connectivity index (χ4v) is 2.62. The summed E-state index contributed by atoms with van der Waals surface area (Å²) in [5.41, 5.74) is 0.889. The van der Waals surface area contributed by atoms with Crippen LogP contribution in [-0.4, -0.2) is 37.5 Å². The summed E-state index contributed by atoms with van der Waals surface area (Å²) >= 11 is 1.52. The van der Waals surface area contributed by atoms with Gasteiger partial charge in [-0.1, -0.05) is 24.3 Å². The Balaban J connectivity index is 1.82. The number of para-hydroxylation sites is 1. The molecule has 0 saturated heterocycles. The molecule has 1 aromatic heterocycles. The van der Waals surface area contributed by atoms with Gasteiger partial charge in [0, 0.05) is 30.1 Å². The molecule has 0 aliphatic heterocycles. The smallest absolute Gasteiger partial charge is 0.331 e. The molecule has 0 unspecified atom stereocenters. The van der Waals surface area contributed by atoms with Crippen LogP contribution < -0.4 is 4.74 Å². The fraction of sp³-hybridized carbons (Fsp3) is 0.222. The van der Waals surface area contributed by atoms with Crippen molar-refractivity contribution in [3.05, 3.63) is 58.3 Å². The quantitative estimate of drug-likeness (QED) is 0.572. The van der Waals surface area contributed by atoms with Crippen molar-refractivity contribution in [3.63, 3.8) is 0 Å². The number of likely N-dealkylation sites (N-methyl/N-ethyl adjacent to an activating group) is 1. The first-order valence-electron chi connectivity index (χ1n) is 7.34. The molecule has 0 atom stereocenters. The summed E-state index contributed by atoms with van der Waals surface area (Å²) in [6.45, 7) is 0.0880. The van der Waals surface area contributed by atoms with Crippen molar-refractivity contribution in [3.8, 4) is 5.75 Å². The summed E-state index contributed by atoms with van der Waals surface area (Å²) in [7, 11) is 3.24. The van der Waals surface area contributed by atoms with Gasteiger partial charge in [0.1, 0.15) is 5.75 Å². The first-order chi connectivity index (χ1) is 11.6. The van der Waals surface area contributed by atoms with E-state index in [4.69, 9.17) is 9.47 Å². The van der Waals surface area contributed by atoms with Crippen LogP contribution >= 0.6 is 11.3 Å². The minimum atomic E-state index is -0.539. The lowest BCUT2D eigenvalue weighted by molar-refractivity contribution is -0.147. The maximum absolute atomic E-state index is 12.1. The summed E-state index contributed by atoms with van der Waals surface area (Å²) in [6.07, 6.45) is 2.98. The van der Waals surface area contributed by atoms with Crippen LogP contribution in [0.2, 0.25) is 0 Å². The highest BCUT2D eigenvalue weighted by Crippen LogP contribution is 2.18. The molecule has 1 aromatic carbocycles. The van der Waals surface area contributed by atoms with Gasteiger partial charge in [0.2, 0.25) is 0 Å². The second-order valence-corrected chi connectivity index (χ2v) is 6.00. The summed E-state index contributed by atoms with van der Waals surface area (Å²) in [5, 5.41) is 1.92. The second-order valence-electron chi connectivity index (χ2n) is 5.02. The van der Waals surface area contributed by atoms with Crippen LogP contribution in [0.15, 0.2) is 47.9 Å². The van der Waals surface area contributed by atoms with E-state index in [1.54, 1.807) is 20.2 Å². The standard InChI is InChI=1S/C18H19NO4S/c1-19(12-14-6-3-4-8-16(14)22-2)17(20)13-23-18(21)10-9-15-7-5-11-24-15/h3-11H,12-13H2,1-2H3/b10-9+. The van der Waals surface area contributed by atoms with Gasteiger partial charge in [-0.15, -0.1) is 11.3 Å². The number of rotatable bonds is 7. The highest BCUT2D eigenvalue weighted by molar-refractivity contribution is 7.10. The van der Waals surface area contributed by atoms with E-state index in [1.165, 1.54) is 22.3 Å². The van der Waals surface area contributed by atoms with Crippen molar-refractivity contribution in [2.45, 2.75) is 6.54 Å². The predicted molar refractivity (Wildman–Crippen MR) is 93.8 cm³/mol. The van der Waals surface area contributed by atoms with E-state index in [-0.39, 0.29) is 12.5 Å². The average molecular weight is 345 g/mol. The van der Waals surface area contributed by atoms with Crippen molar-refractivity contribution < 1.29 is 19.1 Å². The lowest BCUT2D eigenvalue weighted by atomic mass is 10.2. The van der Waals surface area contributed by atoms with Gasteiger partial charge in [0.05, 0.1) is 7.11 Å². The molecule has 0 saturated carbocycles. The Kier molecular flexibility index (Phi) is 6.57. The Morgan fingerprint density at radius 1 is 1.21 bits per heavy atom. The number of benzene rings is 1. The van der Waals surface area contributed by atoms with E-state index >= 15 is 0 Å². The van der Waals surface area contributed by atoms with Crippen LogP contribution in [0.5, 0.6) is 5.75 Å². The average Bonchev–Trinajstić information content (AvgIpc) is 3.11.